The van der Waals surface area contributed by atoms with Crippen molar-refractivity contribution < 1.29 is 11.2 Å². The molecule has 0 rings (SSSR count). The Labute approximate surface area is 109 Å². The van der Waals surface area contributed by atoms with Gasteiger partial charge in [-0.15, -0.1) is 0 Å². The summed E-state index contributed by atoms with van der Waals surface area (Å²) in [5, 5.41) is 0. The van der Waals surface area contributed by atoms with Gasteiger partial charge in [0.25, 0.3) is 0 Å². The summed E-state index contributed by atoms with van der Waals surface area (Å²) in [5.74, 6) is 0. The first-order valence-electron chi connectivity index (χ1n) is 0. The van der Waals surface area contributed by atoms with Crippen molar-refractivity contribution in [1.82, 2.24) is 0 Å². The van der Waals surface area contributed by atoms with Crippen LogP contribution < -0.4 is 0 Å². The Balaban J connectivity index is 0. The molecule has 0 saturated heterocycles. The summed E-state index contributed by atoms with van der Waals surface area (Å²) < 4.78 is 0. The molecule has 0 aliphatic carbocycles. The number of hydrogen-bond donors (Lipinski definition) is 0. The van der Waals surface area contributed by atoms with Gasteiger partial charge in [0.05, 0.1) is 0 Å². The van der Waals surface area contributed by atoms with Gasteiger partial charge in [-0.25, -0.2) is 0 Å². The van der Waals surface area contributed by atoms with Crippen molar-refractivity contribution >= 4 is 101 Å². The molecule has 0 saturated carbocycles. The molecule has 0 amide bonds. The van der Waals surface area contributed by atoms with E-state index in [1.165, 1.54) is 0 Å². The number of hydrogen-bond acceptors (Lipinski definition) is 0. The molecule has 0 aromatic carbocycles. The molecule has 0 aromatic heterocycles. The Kier molecular flexibility index (Phi) is 110. The summed E-state index contributed by atoms with van der Waals surface area (Å²) in [5.41, 5.74) is 0. The molecule has 0 fully saturated rings. The molecule has 0 aliphatic heterocycles. The molecule has 4 heteroatoms. The summed E-state index contributed by atoms with van der Waals surface area (Å²) in [7, 11) is 0. The van der Waals surface area contributed by atoms with Crippen molar-refractivity contribution in [1.29, 1.82) is 0 Å². The van der Waals surface area contributed by atoms with Crippen LogP contribution in [0.5, 0.6) is 0 Å². The third-order valence-corrected chi connectivity index (χ3v) is 0. The van der Waals surface area contributed by atoms with Crippen molar-refractivity contribution in [2.24, 2.45) is 0 Å². The van der Waals surface area contributed by atoms with Crippen molar-refractivity contribution in [2.45, 2.75) is 0 Å². The smallest absolute Gasteiger partial charge is 1.00 e. The van der Waals surface area contributed by atoms with Crippen molar-refractivity contribution in [3.8, 4) is 0 Å². The minimum atomic E-state index is 0. The van der Waals surface area contributed by atoms with Gasteiger partial charge in [-0.05, 0) is 0 Å². The average molecular weight is 180 g/mol. The summed E-state index contributed by atoms with van der Waals surface area (Å²) in [4.78, 5) is 0. The summed E-state index contributed by atoms with van der Waals surface area (Å²) >= 11 is 0. The predicted octanol–water partition coefficient (Wildman–Crippen LogP) is -2.32. The third kappa shape index (κ3) is 8.97. The molecule has 0 heterocycles. The van der Waals surface area contributed by atoms with E-state index < -0.39 is 0 Å². The number of rotatable bonds is 0. The average Bonchev–Trinajstić information content (AvgIpc) is 0. The van der Waals surface area contributed by atoms with E-state index in [2.05, 4.69) is 0 Å². The van der Waals surface area contributed by atoms with Gasteiger partial charge in [0.1, 0.15) is 0 Å². The van der Waals surface area contributed by atoms with E-state index in [0.717, 1.165) is 0 Å². The van der Waals surface area contributed by atoms with Gasteiger partial charge in [-0.2, -0.15) is 0 Å². The van der Waals surface area contributed by atoms with Crippen LogP contribution in [-0.2, 0) is 0 Å². The second-order valence-corrected chi connectivity index (χ2v) is 0. The Bertz CT molecular complexity index is 16.0. The molecular formula is H9AlCaOSr. The van der Waals surface area contributed by atoms with Crippen LogP contribution in [0.2, 0.25) is 0 Å². The van der Waals surface area contributed by atoms with Crippen LogP contribution in [0.25, 0.3) is 0 Å². The van der Waals surface area contributed by atoms with Crippen LogP contribution in [-0.4, -0.2) is 106 Å². The molecule has 0 aliphatic rings. The molecular weight excluding hydrogens is 171 g/mol. The van der Waals surface area contributed by atoms with Gasteiger partial charge in [0.2, 0.25) is 0 Å². The van der Waals surface area contributed by atoms with E-state index >= 15 is 0 Å². The molecule has 0 atom stereocenters. The van der Waals surface area contributed by atoms with E-state index in [0.29, 0.717) is 0 Å². The van der Waals surface area contributed by atoms with Gasteiger partial charge in [-0.3, -0.25) is 0 Å². The van der Waals surface area contributed by atoms with Crippen molar-refractivity contribution in [2.75, 3.05) is 0 Å². The van der Waals surface area contributed by atoms with Gasteiger partial charge in [-0.1, -0.05) is 0 Å². The minimum Gasteiger partial charge on any atom is -1.00 e. The maximum atomic E-state index is 0. The van der Waals surface area contributed by atoms with E-state index in [-0.39, 0.29) is 112 Å². The zero-order valence-electron chi connectivity index (χ0n) is 5.91. The monoisotopic (exact) mass is 180 g/mol. The molecule has 0 spiro atoms. The molecule has 1 nitrogen and oxygen atoms in total. The Morgan fingerprint density at radius 1 is 1.25 bits per heavy atom. The van der Waals surface area contributed by atoms with Gasteiger partial charge in [0, 0.05) is 0 Å². The van der Waals surface area contributed by atoms with E-state index in [1.54, 1.807) is 0 Å². The summed E-state index contributed by atoms with van der Waals surface area (Å²) in [6.07, 6.45) is 0. The molecule has 4 heavy (non-hydrogen) atoms. The van der Waals surface area contributed by atoms with E-state index in [4.69, 9.17) is 0 Å². The van der Waals surface area contributed by atoms with Gasteiger partial charge >= 0.3 is 83.2 Å². The maximum Gasteiger partial charge on any atom is 2.00 e. The van der Waals surface area contributed by atoms with Crippen LogP contribution in [0.15, 0.2) is 0 Å². The Morgan fingerprint density at radius 2 is 1.25 bits per heavy atom. The zero-order valence-corrected chi connectivity index (χ0v) is 7.60. The summed E-state index contributed by atoms with van der Waals surface area (Å²) in [6.45, 7) is 0. The normalized spacial score (nSPS) is 0. The van der Waals surface area contributed by atoms with Crippen LogP contribution in [0.4, 0.5) is 0 Å². The fourth-order valence-corrected chi connectivity index (χ4v) is 0. The Hall–Kier alpha value is 3.23. The van der Waals surface area contributed by atoms with Crippen LogP contribution in [0, 0.1) is 0 Å². The first-order chi connectivity index (χ1) is 0. The standard InChI is InChI=1S/Al.Ca.H2O.Sr.7H/h;;1H2;;;;;;;;/q;+2;;+2;;;;4*-1. The largest absolute Gasteiger partial charge is 2.00 e. The van der Waals surface area contributed by atoms with Crippen LogP contribution in [0.3, 0.4) is 0 Å². The van der Waals surface area contributed by atoms with E-state index in [1.807, 2.05) is 0 Å². The third-order valence-electron chi connectivity index (χ3n) is 0. The zero-order chi connectivity index (χ0) is 0. The summed E-state index contributed by atoms with van der Waals surface area (Å²) in [6, 6.07) is 0. The molecule has 0 unspecified atom stereocenters. The van der Waals surface area contributed by atoms with Gasteiger partial charge < -0.3 is 11.2 Å². The SMILES string of the molecule is O.[AlH3].[Ca+2].[H-].[H-].[H-].[H-].[Sr+2]. The second-order valence-electron chi connectivity index (χ2n) is 0. The van der Waals surface area contributed by atoms with Crippen molar-refractivity contribution in [3.05, 3.63) is 0 Å². The predicted molar refractivity (Wildman–Crippen MR) is 29.5 cm³/mol. The van der Waals surface area contributed by atoms with E-state index in [9.17, 15) is 0 Å². The second kappa shape index (κ2) is 16.3. The van der Waals surface area contributed by atoms with Gasteiger partial charge in [0.15, 0.2) is 17.4 Å². The maximum absolute atomic E-state index is 0. The molecule has 0 radical (unpaired) electrons. The molecule has 2 N–H and O–H groups in total. The van der Waals surface area contributed by atoms with Crippen LogP contribution >= 0.6 is 0 Å². The molecule has 0 aromatic rings. The topological polar surface area (TPSA) is 31.5 Å². The quantitative estimate of drug-likeness (QED) is 0.374. The molecule has 0 bridgehead atoms. The van der Waals surface area contributed by atoms with Crippen LogP contribution in [0.1, 0.15) is 5.71 Å². The first-order valence-corrected chi connectivity index (χ1v) is 0. The fourth-order valence-electron chi connectivity index (χ4n) is 0. The fraction of sp³-hybridized carbons (Fsp3) is 0. The molecule has 22 valence electrons. The minimum absolute atomic E-state index is 0. The van der Waals surface area contributed by atoms with Crippen molar-refractivity contribution in [3.63, 3.8) is 0 Å². The first kappa shape index (κ1) is 26.9. The Morgan fingerprint density at radius 3 is 1.25 bits per heavy atom.